The topological polar surface area (TPSA) is 40.5 Å². The van der Waals surface area contributed by atoms with Crippen LogP contribution in [0.4, 0.5) is 0 Å². The minimum Gasteiger partial charge on any atom is -0.423 e. The Balaban J connectivity index is 3.40. The maximum Gasteiger partial charge on any atom is 0.488 e. The molecule has 0 unspecified atom stereocenters. The number of hydrogen-bond donors (Lipinski definition) is 2. The van der Waals surface area contributed by atoms with E-state index in [0.29, 0.717) is 0 Å². The first-order valence-corrected chi connectivity index (χ1v) is 6.44. The summed E-state index contributed by atoms with van der Waals surface area (Å²) in [6.45, 7) is 0. The van der Waals surface area contributed by atoms with Gasteiger partial charge in [0.1, 0.15) is 0 Å². The van der Waals surface area contributed by atoms with Crippen molar-refractivity contribution in [3.05, 3.63) is 29.3 Å². The molecule has 94 valence electrons. The maximum atomic E-state index is 9.10. The smallest absolute Gasteiger partial charge is 0.423 e. The van der Waals surface area contributed by atoms with E-state index in [-0.39, 0.29) is 16.6 Å². The SMILES string of the molecule is OB(O)c1cc(C(Cl)(Cl)Cl)cc(C(Cl)(Cl)Cl)c1. The molecule has 0 amide bonds. The van der Waals surface area contributed by atoms with Gasteiger partial charge in [-0.3, -0.25) is 0 Å². The summed E-state index contributed by atoms with van der Waals surface area (Å²) in [4.78, 5) is 0. The molecule has 0 fully saturated rings. The molecule has 0 radical (unpaired) electrons. The van der Waals surface area contributed by atoms with E-state index in [1.54, 1.807) is 0 Å². The van der Waals surface area contributed by atoms with Gasteiger partial charge in [-0.05, 0) is 11.5 Å². The molecule has 0 aliphatic carbocycles. The van der Waals surface area contributed by atoms with Gasteiger partial charge in [0.15, 0.2) is 0 Å². The molecule has 1 aromatic carbocycles. The fourth-order valence-corrected chi connectivity index (χ4v) is 1.78. The maximum absolute atomic E-state index is 9.10. The Labute approximate surface area is 128 Å². The average Bonchev–Trinajstić information content (AvgIpc) is 2.14. The monoisotopic (exact) mass is 354 g/mol. The summed E-state index contributed by atoms with van der Waals surface area (Å²) < 4.78 is -3.51. The van der Waals surface area contributed by atoms with Crippen LogP contribution in [0, 0.1) is 0 Å². The molecule has 0 heterocycles. The molecule has 0 aromatic heterocycles. The van der Waals surface area contributed by atoms with E-state index in [1.165, 1.54) is 18.2 Å². The molecular weight excluding hydrogens is 352 g/mol. The number of alkyl halides is 6. The van der Waals surface area contributed by atoms with Gasteiger partial charge >= 0.3 is 7.12 Å². The molecule has 0 bridgehead atoms. The van der Waals surface area contributed by atoms with Gasteiger partial charge in [0.05, 0.1) is 0 Å². The predicted molar refractivity (Wildman–Crippen MR) is 74.7 cm³/mol. The van der Waals surface area contributed by atoms with Crippen molar-refractivity contribution < 1.29 is 10.0 Å². The molecule has 0 aliphatic rings. The van der Waals surface area contributed by atoms with Crippen molar-refractivity contribution in [3.8, 4) is 0 Å². The van der Waals surface area contributed by atoms with Crippen molar-refractivity contribution in [3.63, 3.8) is 0 Å². The molecule has 1 aromatic rings. The molecule has 17 heavy (non-hydrogen) atoms. The average molecular weight is 357 g/mol. The van der Waals surface area contributed by atoms with E-state index < -0.39 is 14.7 Å². The van der Waals surface area contributed by atoms with E-state index in [2.05, 4.69) is 0 Å². The lowest BCUT2D eigenvalue weighted by atomic mass is 9.79. The van der Waals surface area contributed by atoms with Crippen LogP contribution in [0.25, 0.3) is 0 Å². The van der Waals surface area contributed by atoms with Gasteiger partial charge < -0.3 is 10.0 Å². The van der Waals surface area contributed by atoms with Crippen LogP contribution in [0.3, 0.4) is 0 Å². The Morgan fingerprint density at radius 1 is 0.765 bits per heavy atom. The molecule has 1 rings (SSSR count). The largest absolute Gasteiger partial charge is 0.488 e. The lowest BCUT2D eigenvalue weighted by Gasteiger charge is -2.18. The first-order chi connectivity index (χ1) is 7.51. The van der Waals surface area contributed by atoms with Gasteiger partial charge in [0.2, 0.25) is 7.59 Å². The first kappa shape index (κ1) is 16.0. The molecular formula is C8H5BCl6O2. The highest BCUT2D eigenvalue weighted by atomic mass is 35.6. The molecule has 0 aliphatic heterocycles. The van der Waals surface area contributed by atoms with Crippen molar-refractivity contribution in [1.29, 1.82) is 0 Å². The summed E-state index contributed by atoms with van der Waals surface area (Å²) in [5.74, 6) is 0. The minimum atomic E-state index is -1.76. The third-order valence-electron chi connectivity index (χ3n) is 1.91. The van der Waals surface area contributed by atoms with E-state index >= 15 is 0 Å². The summed E-state index contributed by atoms with van der Waals surface area (Å²) in [5, 5.41) is 18.2. The van der Waals surface area contributed by atoms with Gasteiger partial charge in [-0.15, -0.1) is 0 Å². The third kappa shape index (κ3) is 4.52. The number of halogens is 6. The number of benzene rings is 1. The van der Waals surface area contributed by atoms with Crippen LogP contribution in [0.5, 0.6) is 0 Å². The molecule has 0 spiro atoms. The zero-order valence-electron chi connectivity index (χ0n) is 7.97. The highest BCUT2D eigenvalue weighted by Crippen LogP contribution is 2.42. The summed E-state index contributed by atoms with van der Waals surface area (Å²) >= 11 is 34.2. The standard InChI is InChI=1S/C8H5BCl6O2/c10-7(11,12)4-1-5(8(13,14)15)3-6(2-4)9(16)17/h1-3,16-17H. The highest BCUT2D eigenvalue weighted by Gasteiger charge is 2.30. The van der Waals surface area contributed by atoms with Gasteiger partial charge in [-0.1, -0.05) is 81.7 Å². The van der Waals surface area contributed by atoms with Crippen LogP contribution < -0.4 is 5.46 Å². The van der Waals surface area contributed by atoms with E-state index in [4.69, 9.17) is 79.7 Å². The fraction of sp³-hybridized carbons (Fsp3) is 0.250. The Hall–Kier alpha value is 0.945. The Morgan fingerprint density at radius 3 is 1.35 bits per heavy atom. The van der Waals surface area contributed by atoms with Crippen molar-refractivity contribution in [1.82, 2.24) is 0 Å². The molecule has 0 atom stereocenters. The van der Waals surface area contributed by atoms with Crippen LogP contribution in [-0.2, 0) is 7.59 Å². The summed E-state index contributed by atoms with van der Waals surface area (Å²) in [7, 11) is -1.76. The molecule has 0 saturated carbocycles. The summed E-state index contributed by atoms with van der Waals surface area (Å²) in [6.07, 6.45) is 0. The van der Waals surface area contributed by atoms with E-state index in [9.17, 15) is 0 Å². The van der Waals surface area contributed by atoms with Crippen molar-refractivity contribution in [2.45, 2.75) is 7.59 Å². The second-order valence-electron chi connectivity index (χ2n) is 3.21. The van der Waals surface area contributed by atoms with Gasteiger partial charge in [-0.2, -0.15) is 0 Å². The van der Waals surface area contributed by atoms with Crippen LogP contribution in [0.1, 0.15) is 11.1 Å². The second-order valence-corrected chi connectivity index (χ2v) is 7.78. The second kappa shape index (κ2) is 5.52. The zero-order valence-corrected chi connectivity index (χ0v) is 12.5. The highest BCUT2D eigenvalue weighted by molar-refractivity contribution is 6.68. The number of rotatable bonds is 1. The van der Waals surface area contributed by atoms with Gasteiger partial charge in [-0.25, -0.2) is 0 Å². The van der Waals surface area contributed by atoms with Crippen molar-refractivity contribution in [2.24, 2.45) is 0 Å². The fourth-order valence-electron chi connectivity index (χ4n) is 1.13. The van der Waals surface area contributed by atoms with Crippen LogP contribution in [-0.4, -0.2) is 17.2 Å². The van der Waals surface area contributed by atoms with Crippen LogP contribution in [0.15, 0.2) is 18.2 Å². The normalized spacial score (nSPS) is 12.7. The van der Waals surface area contributed by atoms with Crippen molar-refractivity contribution >= 4 is 82.2 Å². The molecule has 2 nitrogen and oxygen atoms in total. The Kier molecular flexibility index (Phi) is 5.19. The predicted octanol–water partition coefficient (Wildman–Crippen LogP) is 3.02. The Morgan fingerprint density at radius 2 is 1.12 bits per heavy atom. The Bertz CT molecular complexity index is 379. The molecule has 9 heteroatoms. The van der Waals surface area contributed by atoms with E-state index in [0.717, 1.165) is 0 Å². The quantitative estimate of drug-likeness (QED) is 0.600. The zero-order chi connectivity index (χ0) is 13.4. The first-order valence-electron chi connectivity index (χ1n) is 4.17. The third-order valence-corrected chi connectivity index (χ3v) is 3.22. The molecule has 0 saturated heterocycles. The van der Waals surface area contributed by atoms with Crippen LogP contribution in [0.2, 0.25) is 0 Å². The summed E-state index contributed by atoms with van der Waals surface area (Å²) in [6, 6.07) is 3.97. The lowest BCUT2D eigenvalue weighted by molar-refractivity contribution is 0.425. The minimum absolute atomic E-state index is 0.0650. The van der Waals surface area contributed by atoms with Gasteiger partial charge in [0.25, 0.3) is 0 Å². The summed E-state index contributed by atoms with van der Waals surface area (Å²) in [5.41, 5.74) is 0.416. The van der Waals surface area contributed by atoms with Crippen LogP contribution >= 0.6 is 69.6 Å². The lowest BCUT2D eigenvalue weighted by Crippen LogP contribution is -2.31. The number of hydrogen-bond acceptors (Lipinski definition) is 2. The van der Waals surface area contributed by atoms with Gasteiger partial charge in [0, 0.05) is 11.1 Å². The van der Waals surface area contributed by atoms with Crippen molar-refractivity contribution in [2.75, 3.05) is 0 Å². The van der Waals surface area contributed by atoms with E-state index in [1.807, 2.05) is 0 Å². The molecule has 2 N–H and O–H groups in total.